The topological polar surface area (TPSA) is 76.0 Å². The molecule has 7 heteroatoms. The summed E-state index contributed by atoms with van der Waals surface area (Å²) in [4.78, 5) is 24.6. The molecule has 0 spiro atoms. The van der Waals surface area contributed by atoms with Gasteiger partial charge in [-0.1, -0.05) is 49.1 Å². The van der Waals surface area contributed by atoms with E-state index in [2.05, 4.69) is 15.7 Å². The molecule has 1 saturated carbocycles. The van der Waals surface area contributed by atoms with Gasteiger partial charge in [0.2, 0.25) is 5.91 Å². The van der Waals surface area contributed by atoms with Gasteiger partial charge >= 0.3 is 0 Å². The van der Waals surface area contributed by atoms with E-state index in [0.717, 1.165) is 18.5 Å². The zero-order valence-corrected chi connectivity index (χ0v) is 16.3. The van der Waals surface area contributed by atoms with Gasteiger partial charge in [-0.2, -0.15) is 5.10 Å². The molecule has 1 fully saturated rings. The first-order chi connectivity index (χ1) is 13.1. The molecule has 0 atom stereocenters. The van der Waals surface area contributed by atoms with Gasteiger partial charge in [-0.3, -0.25) is 9.59 Å². The summed E-state index contributed by atoms with van der Waals surface area (Å²) in [5, 5.41) is 10.5. The molecule has 1 aromatic carbocycles. The highest BCUT2D eigenvalue weighted by molar-refractivity contribution is 6.33. The van der Waals surface area contributed by atoms with Crippen LogP contribution < -0.4 is 10.6 Å². The van der Waals surface area contributed by atoms with E-state index < -0.39 is 0 Å². The molecule has 0 saturated heterocycles. The van der Waals surface area contributed by atoms with Crippen LogP contribution in [-0.4, -0.2) is 34.2 Å². The van der Waals surface area contributed by atoms with Crippen molar-refractivity contribution in [2.75, 3.05) is 6.54 Å². The van der Waals surface area contributed by atoms with E-state index in [0.29, 0.717) is 11.3 Å². The molecular formula is C20H25ClN4O2. The molecular weight excluding hydrogens is 364 g/mol. The van der Waals surface area contributed by atoms with E-state index in [4.69, 9.17) is 11.6 Å². The Kier molecular flexibility index (Phi) is 6.50. The first kappa shape index (κ1) is 19.4. The number of aromatic nitrogens is 2. The van der Waals surface area contributed by atoms with Gasteiger partial charge in [-0.15, -0.1) is 0 Å². The highest BCUT2D eigenvalue weighted by atomic mass is 35.5. The molecule has 0 bridgehead atoms. The number of benzene rings is 1. The fourth-order valence-electron chi connectivity index (χ4n) is 3.42. The van der Waals surface area contributed by atoms with Crippen molar-refractivity contribution < 1.29 is 9.59 Å². The maximum absolute atomic E-state index is 12.5. The minimum atomic E-state index is -0.315. The minimum absolute atomic E-state index is 0.0231. The first-order valence-electron chi connectivity index (χ1n) is 9.44. The monoisotopic (exact) mass is 388 g/mol. The molecule has 144 valence electrons. The highest BCUT2D eigenvalue weighted by Crippen LogP contribution is 2.23. The standard InChI is InChI=1S/C20H25ClN4O2/c1-14-18(19(21)25(24-14)16-10-6-3-7-11-16)20(27)22-13-12-17(26)23-15-8-4-2-5-9-15/h3,6-7,10-11,15H,2,4-5,8-9,12-13H2,1H3,(H,22,27)(H,23,26). The summed E-state index contributed by atoms with van der Waals surface area (Å²) in [6.45, 7) is 2.01. The largest absolute Gasteiger partial charge is 0.353 e. The van der Waals surface area contributed by atoms with Crippen molar-refractivity contribution in [1.82, 2.24) is 20.4 Å². The van der Waals surface area contributed by atoms with Crippen molar-refractivity contribution >= 4 is 23.4 Å². The number of hydrogen-bond donors (Lipinski definition) is 2. The number of amides is 2. The molecule has 2 N–H and O–H groups in total. The number of halogens is 1. The average molecular weight is 389 g/mol. The smallest absolute Gasteiger partial charge is 0.256 e. The van der Waals surface area contributed by atoms with E-state index in [1.54, 1.807) is 11.6 Å². The lowest BCUT2D eigenvalue weighted by molar-refractivity contribution is -0.121. The second-order valence-electron chi connectivity index (χ2n) is 6.91. The molecule has 2 aromatic rings. The number of nitrogens with one attached hydrogen (secondary N) is 2. The fraction of sp³-hybridized carbons (Fsp3) is 0.450. The van der Waals surface area contributed by atoms with Crippen LogP contribution >= 0.6 is 11.6 Å². The fourth-order valence-corrected chi connectivity index (χ4v) is 3.78. The number of aryl methyl sites for hydroxylation is 1. The Hall–Kier alpha value is -2.34. The third-order valence-electron chi connectivity index (χ3n) is 4.84. The summed E-state index contributed by atoms with van der Waals surface area (Å²) < 4.78 is 1.54. The average Bonchev–Trinajstić information content (AvgIpc) is 2.97. The summed E-state index contributed by atoms with van der Waals surface area (Å²) in [7, 11) is 0. The summed E-state index contributed by atoms with van der Waals surface area (Å²) in [6, 6.07) is 9.69. The van der Waals surface area contributed by atoms with Crippen molar-refractivity contribution in [1.29, 1.82) is 0 Å². The van der Waals surface area contributed by atoms with Crippen molar-refractivity contribution in [3.05, 3.63) is 46.7 Å². The third kappa shape index (κ3) is 4.89. The number of rotatable bonds is 6. The van der Waals surface area contributed by atoms with Crippen LogP contribution in [0.1, 0.15) is 54.6 Å². The van der Waals surface area contributed by atoms with E-state index in [1.807, 2.05) is 30.3 Å². The van der Waals surface area contributed by atoms with Crippen molar-refractivity contribution in [3.8, 4) is 5.69 Å². The summed E-state index contributed by atoms with van der Waals surface area (Å²) >= 11 is 6.39. The number of carbonyl (C=O) groups is 2. The van der Waals surface area contributed by atoms with Gasteiger partial charge < -0.3 is 10.6 Å². The third-order valence-corrected chi connectivity index (χ3v) is 5.19. The molecule has 1 aliphatic rings. The van der Waals surface area contributed by atoms with Gasteiger partial charge in [0.1, 0.15) is 5.15 Å². The van der Waals surface area contributed by atoms with Gasteiger partial charge in [-0.05, 0) is 31.9 Å². The molecule has 0 unspecified atom stereocenters. The lowest BCUT2D eigenvalue weighted by Crippen LogP contribution is -2.38. The normalized spacial score (nSPS) is 14.7. The molecule has 1 heterocycles. The Morgan fingerprint density at radius 3 is 2.59 bits per heavy atom. The van der Waals surface area contributed by atoms with Crippen LogP contribution in [0.25, 0.3) is 5.69 Å². The van der Waals surface area contributed by atoms with Gasteiger partial charge in [0.15, 0.2) is 0 Å². The molecule has 6 nitrogen and oxygen atoms in total. The second-order valence-corrected chi connectivity index (χ2v) is 7.26. The SMILES string of the molecule is Cc1nn(-c2ccccc2)c(Cl)c1C(=O)NCCC(=O)NC1CCCCC1. The van der Waals surface area contributed by atoms with E-state index in [-0.39, 0.29) is 36.0 Å². The van der Waals surface area contributed by atoms with Crippen LogP contribution in [0.4, 0.5) is 0 Å². The maximum atomic E-state index is 12.5. The van der Waals surface area contributed by atoms with Crippen LogP contribution in [0, 0.1) is 6.92 Å². The van der Waals surface area contributed by atoms with Gasteiger partial charge in [0, 0.05) is 19.0 Å². The Morgan fingerprint density at radius 2 is 1.89 bits per heavy atom. The van der Waals surface area contributed by atoms with Gasteiger partial charge in [0.05, 0.1) is 16.9 Å². The second kappa shape index (κ2) is 9.04. The van der Waals surface area contributed by atoms with Gasteiger partial charge in [-0.25, -0.2) is 4.68 Å². The van der Waals surface area contributed by atoms with Crippen LogP contribution in [0.3, 0.4) is 0 Å². The van der Waals surface area contributed by atoms with Crippen LogP contribution in [0.2, 0.25) is 5.15 Å². The first-order valence-corrected chi connectivity index (χ1v) is 9.82. The molecule has 1 aromatic heterocycles. The predicted octanol–water partition coefficient (Wildman–Crippen LogP) is 3.40. The number of nitrogens with zero attached hydrogens (tertiary/aromatic N) is 2. The summed E-state index contributed by atoms with van der Waals surface area (Å²) in [6.07, 6.45) is 5.94. The Labute approximate surface area is 164 Å². The molecule has 27 heavy (non-hydrogen) atoms. The summed E-state index contributed by atoms with van der Waals surface area (Å²) in [5.41, 5.74) is 1.68. The molecule has 0 radical (unpaired) electrons. The number of carbonyl (C=O) groups excluding carboxylic acids is 2. The lowest BCUT2D eigenvalue weighted by atomic mass is 9.95. The molecule has 1 aliphatic carbocycles. The minimum Gasteiger partial charge on any atom is -0.353 e. The maximum Gasteiger partial charge on any atom is 0.256 e. The quantitative estimate of drug-likeness (QED) is 0.796. The van der Waals surface area contributed by atoms with Crippen molar-refractivity contribution in [3.63, 3.8) is 0 Å². The zero-order chi connectivity index (χ0) is 19.2. The van der Waals surface area contributed by atoms with Crippen LogP contribution in [-0.2, 0) is 4.79 Å². The predicted molar refractivity (Wildman–Crippen MR) is 105 cm³/mol. The molecule has 0 aliphatic heterocycles. The zero-order valence-electron chi connectivity index (χ0n) is 15.5. The van der Waals surface area contributed by atoms with E-state index in [1.165, 1.54) is 19.3 Å². The van der Waals surface area contributed by atoms with Crippen LogP contribution in [0.5, 0.6) is 0 Å². The van der Waals surface area contributed by atoms with Gasteiger partial charge in [0.25, 0.3) is 5.91 Å². The summed E-state index contributed by atoms with van der Waals surface area (Å²) in [5.74, 6) is -0.338. The number of hydrogen-bond acceptors (Lipinski definition) is 3. The number of para-hydroxylation sites is 1. The Bertz CT molecular complexity index is 798. The highest BCUT2D eigenvalue weighted by Gasteiger charge is 2.21. The molecule has 3 rings (SSSR count). The van der Waals surface area contributed by atoms with Crippen molar-refractivity contribution in [2.45, 2.75) is 51.5 Å². The Balaban J connectivity index is 1.55. The lowest BCUT2D eigenvalue weighted by Gasteiger charge is -2.22. The van der Waals surface area contributed by atoms with E-state index in [9.17, 15) is 9.59 Å². The van der Waals surface area contributed by atoms with E-state index >= 15 is 0 Å². The Morgan fingerprint density at radius 1 is 1.19 bits per heavy atom. The van der Waals surface area contributed by atoms with Crippen molar-refractivity contribution in [2.24, 2.45) is 0 Å². The van der Waals surface area contributed by atoms with Crippen LogP contribution in [0.15, 0.2) is 30.3 Å². The molecule has 2 amide bonds.